The molecule has 33 heavy (non-hydrogen) atoms. The van der Waals surface area contributed by atoms with Crippen LogP contribution in [-0.4, -0.2) is 31.7 Å². The van der Waals surface area contributed by atoms with Crippen molar-refractivity contribution in [2.24, 2.45) is 0 Å². The van der Waals surface area contributed by atoms with Gasteiger partial charge in [0.2, 0.25) is 15.9 Å². The first-order valence-corrected chi connectivity index (χ1v) is 12.3. The Hall–Kier alpha value is -3.03. The van der Waals surface area contributed by atoms with Gasteiger partial charge in [-0.05, 0) is 67.6 Å². The topological polar surface area (TPSA) is 66.5 Å². The van der Waals surface area contributed by atoms with Crippen LogP contribution in [0.5, 0.6) is 0 Å². The summed E-state index contributed by atoms with van der Waals surface area (Å²) >= 11 is 0. The van der Waals surface area contributed by atoms with Gasteiger partial charge in [-0.2, -0.15) is 4.31 Å². The van der Waals surface area contributed by atoms with Crippen molar-refractivity contribution in [1.29, 1.82) is 0 Å². The van der Waals surface area contributed by atoms with Crippen LogP contribution in [0.4, 0.5) is 4.39 Å². The third-order valence-electron chi connectivity index (χ3n) is 5.52. The van der Waals surface area contributed by atoms with Crippen LogP contribution in [0.3, 0.4) is 0 Å². The predicted octanol–water partition coefficient (Wildman–Crippen LogP) is 4.55. The molecule has 174 valence electrons. The average Bonchev–Trinajstić information content (AvgIpc) is 2.79. The van der Waals surface area contributed by atoms with Gasteiger partial charge in [-0.3, -0.25) is 4.79 Å². The van der Waals surface area contributed by atoms with Crippen molar-refractivity contribution < 1.29 is 17.6 Å². The summed E-state index contributed by atoms with van der Waals surface area (Å²) in [4.78, 5) is 13.1. The molecule has 0 aliphatic carbocycles. The van der Waals surface area contributed by atoms with Crippen LogP contribution in [0.15, 0.2) is 77.7 Å². The third-order valence-corrected chi connectivity index (χ3v) is 7.51. The molecule has 0 spiro atoms. The first kappa shape index (κ1) is 24.6. The number of benzene rings is 3. The molecule has 0 saturated carbocycles. The van der Waals surface area contributed by atoms with Crippen LogP contribution in [0.1, 0.15) is 35.2 Å². The summed E-state index contributed by atoms with van der Waals surface area (Å²) in [6, 6.07) is 20.3. The number of nitrogens with one attached hydrogen (secondary N) is 1. The van der Waals surface area contributed by atoms with E-state index in [0.29, 0.717) is 12.0 Å². The molecule has 7 heteroatoms. The normalized spacial score (nSPS) is 12.5. The van der Waals surface area contributed by atoms with Crippen molar-refractivity contribution >= 4 is 15.9 Å². The summed E-state index contributed by atoms with van der Waals surface area (Å²) in [6.07, 6.45) is 0.478. The largest absolute Gasteiger partial charge is 0.348 e. The van der Waals surface area contributed by atoms with Crippen LogP contribution in [0.25, 0.3) is 0 Å². The highest BCUT2D eigenvalue weighted by Gasteiger charge is 2.28. The lowest BCUT2D eigenvalue weighted by molar-refractivity contribution is -0.121. The van der Waals surface area contributed by atoms with Crippen molar-refractivity contribution in [3.63, 3.8) is 0 Å². The summed E-state index contributed by atoms with van der Waals surface area (Å²) in [5.74, 6) is -0.780. The Morgan fingerprint density at radius 1 is 1.00 bits per heavy atom. The number of halogens is 1. The maximum atomic E-state index is 13.6. The molecule has 0 bridgehead atoms. The summed E-state index contributed by atoms with van der Waals surface area (Å²) in [5.41, 5.74) is 3.18. The van der Waals surface area contributed by atoms with Gasteiger partial charge in [-0.15, -0.1) is 0 Å². The standard InChI is InChI=1S/C26H29FN2O3S/c1-19-9-10-20(2)25(17-19)33(31,32)29(16-15-22-7-5-4-6-8-22)18-26(30)28-21(3)23-11-13-24(27)14-12-23/h4-14,17,21H,15-16,18H2,1-3H3,(H,28,30). The highest BCUT2D eigenvalue weighted by Crippen LogP contribution is 2.22. The van der Waals surface area contributed by atoms with Crippen LogP contribution in [0, 0.1) is 19.7 Å². The molecule has 3 aromatic carbocycles. The van der Waals surface area contributed by atoms with Crippen molar-refractivity contribution in [2.45, 2.75) is 38.1 Å². The van der Waals surface area contributed by atoms with Crippen molar-refractivity contribution in [2.75, 3.05) is 13.1 Å². The van der Waals surface area contributed by atoms with E-state index in [0.717, 1.165) is 16.7 Å². The second-order valence-corrected chi connectivity index (χ2v) is 10.1. The predicted molar refractivity (Wildman–Crippen MR) is 128 cm³/mol. The zero-order valence-electron chi connectivity index (χ0n) is 19.1. The van der Waals surface area contributed by atoms with Gasteiger partial charge in [-0.25, -0.2) is 12.8 Å². The molecule has 0 aliphatic rings. The van der Waals surface area contributed by atoms with Crippen molar-refractivity contribution in [3.05, 3.63) is 101 Å². The summed E-state index contributed by atoms with van der Waals surface area (Å²) < 4.78 is 41.6. The minimum Gasteiger partial charge on any atom is -0.348 e. The zero-order chi connectivity index (χ0) is 24.0. The van der Waals surface area contributed by atoms with Crippen LogP contribution >= 0.6 is 0 Å². The number of hydrogen-bond donors (Lipinski definition) is 1. The van der Waals surface area contributed by atoms with E-state index in [2.05, 4.69) is 5.32 Å². The van der Waals surface area contributed by atoms with E-state index in [9.17, 15) is 17.6 Å². The van der Waals surface area contributed by atoms with E-state index in [1.54, 1.807) is 38.1 Å². The minimum atomic E-state index is -3.90. The zero-order valence-corrected chi connectivity index (χ0v) is 19.9. The molecule has 0 aromatic heterocycles. The van der Waals surface area contributed by atoms with Gasteiger partial charge >= 0.3 is 0 Å². The second kappa shape index (κ2) is 10.7. The third kappa shape index (κ3) is 6.49. The number of carbonyl (C=O) groups excluding carboxylic acids is 1. The van der Waals surface area contributed by atoms with Gasteiger partial charge in [0.15, 0.2) is 0 Å². The summed E-state index contributed by atoms with van der Waals surface area (Å²) in [6.45, 7) is 5.22. The van der Waals surface area contributed by atoms with E-state index in [-0.39, 0.29) is 23.8 Å². The molecule has 1 N–H and O–H groups in total. The Balaban J connectivity index is 1.82. The molecular formula is C26H29FN2O3S. The van der Waals surface area contributed by atoms with Crippen LogP contribution in [-0.2, 0) is 21.2 Å². The molecule has 0 saturated heterocycles. The lowest BCUT2D eigenvalue weighted by Gasteiger charge is -2.24. The molecule has 1 unspecified atom stereocenters. The molecule has 0 heterocycles. The molecule has 0 fully saturated rings. The maximum absolute atomic E-state index is 13.6. The number of carbonyl (C=O) groups is 1. The van der Waals surface area contributed by atoms with Crippen molar-refractivity contribution in [3.8, 4) is 0 Å². The quantitative estimate of drug-likeness (QED) is 0.501. The Morgan fingerprint density at radius 2 is 1.67 bits per heavy atom. The van der Waals surface area contributed by atoms with Gasteiger partial charge in [0.25, 0.3) is 0 Å². The first-order valence-electron chi connectivity index (χ1n) is 10.8. The Kier molecular flexibility index (Phi) is 8.00. The van der Waals surface area contributed by atoms with E-state index in [1.807, 2.05) is 43.3 Å². The monoisotopic (exact) mass is 468 g/mol. The fourth-order valence-corrected chi connectivity index (χ4v) is 5.30. The number of rotatable bonds is 9. The smallest absolute Gasteiger partial charge is 0.243 e. The van der Waals surface area contributed by atoms with E-state index < -0.39 is 22.0 Å². The second-order valence-electron chi connectivity index (χ2n) is 8.18. The number of aryl methyl sites for hydroxylation is 2. The Labute approximate surface area is 195 Å². The molecule has 3 rings (SSSR count). The van der Waals surface area contributed by atoms with Gasteiger partial charge in [0.05, 0.1) is 17.5 Å². The minimum absolute atomic E-state index is 0.165. The molecule has 3 aromatic rings. The fraction of sp³-hybridized carbons (Fsp3) is 0.269. The van der Waals surface area contributed by atoms with E-state index in [4.69, 9.17) is 0 Å². The number of nitrogens with zero attached hydrogens (tertiary/aromatic N) is 1. The highest BCUT2D eigenvalue weighted by molar-refractivity contribution is 7.89. The summed E-state index contributed by atoms with van der Waals surface area (Å²) in [5, 5.41) is 2.83. The van der Waals surface area contributed by atoms with Gasteiger partial charge in [0, 0.05) is 6.54 Å². The number of amides is 1. The van der Waals surface area contributed by atoms with Gasteiger partial charge < -0.3 is 5.32 Å². The van der Waals surface area contributed by atoms with Gasteiger partial charge in [0.1, 0.15) is 5.82 Å². The molecule has 5 nitrogen and oxygen atoms in total. The molecule has 0 aliphatic heterocycles. The fourth-order valence-electron chi connectivity index (χ4n) is 3.59. The highest BCUT2D eigenvalue weighted by atomic mass is 32.2. The average molecular weight is 469 g/mol. The van der Waals surface area contributed by atoms with E-state index in [1.165, 1.54) is 16.4 Å². The van der Waals surface area contributed by atoms with Crippen LogP contribution in [0.2, 0.25) is 0 Å². The lowest BCUT2D eigenvalue weighted by Crippen LogP contribution is -2.42. The maximum Gasteiger partial charge on any atom is 0.243 e. The number of sulfonamides is 1. The van der Waals surface area contributed by atoms with Crippen LogP contribution < -0.4 is 5.32 Å². The Morgan fingerprint density at radius 3 is 2.33 bits per heavy atom. The van der Waals surface area contributed by atoms with E-state index >= 15 is 0 Å². The molecular weight excluding hydrogens is 439 g/mol. The SMILES string of the molecule is Cc1ccc(C)c(S(=O)(=O)N(CCc2ccccc2)CC(=O)NC(C)c2ccc(F)cc2)c1. The molecule has 1 atom stereocenters. The van der Waals surface area contributed by atoms with Gasteiger partial charge in [-0.1, -0.05) is 54.6 Å². The lowest BCUT2D eigenvalue weighted by atomic mass is 10.1. The Bertz CT molecular complexity index is 1200. The molecule has 0 radical (unpaired) electrons. The number of hydrogen-bond acceptors (Lipinski definition) is 3. The first-order chi connectivity index (χ1) is 15.7. The van der Waals surface area contributed by atoms with Crippen molar-refractivity contribution in [1.82, 2.24) is 9.62 Å². The summed E-state index contributed by atoms with van der Waals surface area (Å²) in [7, 11) is -3.90. The molecule has 1 amide bonds.